The van der Waals surface area contributed by atoms with Crippen molar-refractivity contribution < 1.29 is 0 Å². The quantitative estimate of drug-likeness (QED) is 0.848. The van der Waals surface area contributed by atoms with Crippen LogP contribution in [0, 0.1) is 12.8 Å². The fourth-order valence-corrected chi connectivity index (χ4v) is 4.85. The SMILES string of the molecule is Cc1csc(C(C)N2CC3CCCCN3CC2C(C)C)n1. The van der Waals surface area contributed by atoms with E-state index in [9.17, 15) is 0 Å². The summed E-state index contributed by atoms with van der Waals surface area (Å²) >= 11 is 1.83. The molecule has 2 aliphatic rings. The highest BCUT2D eigenvalue weighted by Crippen LogP contribution is 2.34. The fourth-order valence-electron chi connectivity index (χ4n) is 3.98. The van der Waals surface area contributed by atoms with Crippen molar-refractivity contribution in [1.29, 1.82) is 0 Å². The highest BCUT2D eigenvalue weighted by atomic mass is 32.1. The second-order valence-electron chi connectivity index (χ2n) is 7.16. The normalized spacial score (nSPS) is 29.6. The molecule has 0 amide bonds. The molecule has 1 aromatic rings. The first-order valence-corrected chi connectivity index (χ1v) is 9.36. The lowest BCUT2D eigenvalue weighted by molar-refractivity contribution is -0.0272. The van der Waals surface area contributed by atoms with Crippen molar-refractivity contribution in [1.82, 2.24) is 14.8 Å². The molecule has 0 spiro atoms. The molecule has 0 saturated carbocycles. The van der Waals surface area contributed by atoms with Crippen LogP contribution in [0.2, 0.25) is 0 Å². The molecule has 21 heavy (non-hydrogen) atoms. The molecule has 3 unspecified atom stereocenters. The highest BCUT2D eigenvalue weighted by molar-refractivity contribution is 7.09. The van der Waals surface area contributed by atoms with Gasteiger partial charge in [0.05, 0.1) is 6.04 Å². The van der Waals surface area contributed by atoms with Gasteiger partial charge in [-0.25, -0.2) is 4.98 Å². The summed E-state index contributed by atoms with van der Waals surface area (Å²) in [6.45, 7) is 13.0. The van der Waals surface area contributed by atoms with Gasteiger partial charge in [0, 0.05) is 36.2 Å². The molecule has 2 fully saturated rings. The summed E-state index contributed by atoms with van der Waals surface area (Å²) < 4.78 is 0. The standard InChI is InChI=1S/C17H29N3S/c1-12(2)16-10-19-8-6-5-7-15(19)9-20(16)14(4)17-18-13(3)11-21-17/h11-12,14-16H,5-10H2,1-4H3. The lowest BCUT2D eigenvalue weighted by Crippen LogP contribution is -2.61. The van der Waals surface area contributed by atoms with Crippen molar-refractivity contribution in [3.63, 3.8) is 0 Å². The molecule has 3 nitrogen and oxygen atoms in total. The molecule has 2 aliphatic heterocycles. The zero-order chi connectivity index (χ0) is 15.0. The van der Waals surface area contributed by atoms with Crippen LogP contribution < -0.4 is 0 Å². The van der Waals surface area contributed by atoms with Crippen LogP contribution in [0.25, 0.3) is 0 Å². The summed E-state index contributed by atoms with van der Waals surface area (Å²) in [6.07, 6.45) is 4.18. The van der Waals surface area contributed by atoms with Gasteiger partial charge in [0.2, 0.25) is 0 Å². The summed E-state index contributed by atoms with van der Waals surface area (Å²) in [5.41, 5.74) is 1.17. The molecule has 4 heteroatoms. The number of hydrogen-bond donors (Lipinski definition) is 0. The predicted molar refractivity (Wildman–Crippen MR) is 89.8 cm³/mol. The monoisotopic (exact) mass is 307 g/mol. The third-order valence-corrected chi connectivity index (χ3v) is 6.41. The Kier molecular flexibility index (Phi) is 4.67. The molecule has 3 heterocycles. The second kappa shape index (κ2) is 6.35. The zero-order valence-corrected chi connectivity index (χ0v) is 14.7. The Morgan fingerprint density at radius 2 is 2.05 bits per heavy atom. The third-order valence-electron chi connectivity index (χ3n) is 5.28. The lowest BCUT2D eigenvalue weighted by Gasteiger charge is -2.51. The van der Waals surface area contributed by atoms with Gasteiger partial charge >= 0.3 is 0 Å². The number of aryl methyl sites for hydroxylation is 1. The van der Waals surface area contributed by atoms with Crippen LogP contribution in [0.4, 0.5) is 0 Å². The van der Waals surface area contributed by atoms with E-state index in [1.165, 1.54) is 49.6 Å². The van der Waals surface area contributed by atoms with E-state index in [1.807, 2.05) is 11.3 Å². The minimum absolute atomic E-state index is 0.458. The first-order chi connectivity index (χ1) is 10.1. The Morgan fingerprint density at radius 3 is 2.71 bits per heavy atom. The average molecular weight is 308 g/mol. The molecule has 0 N–H and O–H groups in total. The molecular weight excluding hydrogens is 278 g/mol. The summed E-state index contributed by atoms with van der Waals surface area (Å²) in [7, 11) is 0. The first-order valence-electron chi connectivity index (χ1n) is 8.48. The van der Waals surface area contributed by atoms with Crippen LogP contribution >= 0.6 is 11.3 Å². The van der Waals surface area contributed by atoms with Gasteiger partial charge in [-0.3, -0.25) is 9.80 Å². The van der Waals surface area contributed by atoms with Crippen molar-refractivity contribution in [2.24, 2.45) is 5.92 Å². The highest BCUT2D eigenvalue weighted by Gasteiger charge is 2.38. The summed E-state index contributed by atoms with van der Waals surface area (Å²) in [5, 5.41) is 3.48. The predicted octanol–water partition coefficient (Wildman–Crippen LogP) is 3.71. The van der Waals surface area contributed by atoms with Gasteiger partial charge < -0.3 is 0 Å². The van der Waals surface area contributed by atoms with E-state index in [-0.39, 0.29) is 0 Å². The zero-order valence-electron chi connectivity index (χ0n) is 13.9. The maximum absolute atomic E-state index is 4.75. The van der Waals surface area contributed by atoms with Gasteiger partial charge in [-0.2, -0.15) is 0 Å². The lowest BCUT2D eigenvalue weighted by atomic mass is 9.91. The van der Waals surface area contributed by atoms with Gasteiger partial charge in [0.25, 0.3) is 0 Å². The number of rotatable bonds is 3. The van der Waals surface area contributed by atoms with Crippen molar-refractivity contribution >= 4 is 11.3 Å². The summed E-state index contributed by atoms with van der Waals surface area (Å²) in [6, 6.07) is 1.90. The Balaban J connectivity index is 1.80. The molecule has 1 aromatic heterocycles. The van der Waals surface area contributed by atoms with E-state index in [0.717, 1.165) is 6.04 Å². The fraction of sp³-hybridized carbons (Fsp3) is 0.824. The van der Waals surface area contributed by atoms with Crippen molar-refractivity contribution in [2.75, 3.05) is 19.6 Å². The Hall–Kier alpha value is -0.450. The molecule has 0 aliphatic carbocycles. The van der Waals surface area contributed by atoms with Crippen molar-refractivity contribution in [2.45, 2.75) is 65.1 Å². The van der Waals surface area contributed by atoms with Crippen LogP contribution in [0.1, 0.15) is 56.8 Å². The number of thiazole rings is 1. The third kappa shape index (κ3) is 3.17. The number of piperidine rings is 1. The minimum Gasteiger partial charge on any atom is -0.298 e. The van der Waals surface area contributed by atoms with E-state index < -0.39 is 0 Å². The van der Waals surface area contributed by atoms with Crippen LogP contribution in [0.5, 0.6) is 0 Å². The van der Waals surface area contributed by atoms with Gasteiger partial charge in [0.1, 0.15) is 5.01 Å². The Morgan fingerprint density at radius 1 is 1.24 bits per heavy atom. The van der Waals surface area contributed by atoms with E-state index >= 15 is 0 Å². The van der Waals surface area contributed by atoms with Crippen LogP contribution in [0.3, 0.4) is 0 Å². The molecule has 118 valence electrons. The van der Waals surface area contributed by atoms with Crippen molar-refractivity contribution in [3.8, 4) is 0 Å². The first kappa shape index (κ1) is 15.4. The summed E-state index contributed by atoms with van der Waals surface area (Å²) in [5.74, 6) is 0.705. The molecule has 3 rings (SSSR count). The largest absolute Gasteiger partial charge is 0.298 e. The second-order valence-corrected chi connectivity index (χ2v) is 8.05. The van der Waals surface area contributed by atoms with E-state index in [0.29, 0.717) is 18.0 Å². The molecule has 3 atom stereocenters. The van der Waals surface area contributed by atoms with Crippen LogP contribution in [-0.4, -0.2) is 46.5 Å². The van der Waals surface area contributed by atoms with Crippen LogP contribution in [0.15, 0.2) is 5.38 Å². The molecule has 2 saturated heterocycles. The van der Waals surface area contributed by atoms with Gasteiger partial charge in [-0.05, 0) is 39.2 Å². The molecule has 0 aromatic carbocycles. The summed E-state index contributed by atoms with van der Waals surface area (Å²) in [4.78, 5) is 10.2. The van der Waals surface area contributed by atoms with Gasteiger partial charge in [-0.15, -0.1) is 11.3 Å². The maximum atomic E-state index is 4.75. The molecule has 0 radical (unpaired) electrons. The van der Waals surface area contributed by atoms with Crippen molar-refractivity contribution in [3.05, 3.63) is 16.1 Å². The van der Waals surface area contributed by atoms with E-state index in [2.05, 4.69) is 42.9 Å². The number of aromatic nitrogens is 1. The average Bonchev–Trinajstić information content (AvgIpc) is 2.91. The van der Waals surface area contributed by atoms with E-state index in [4.69, 9.17) is 4.98 Å². The van der Waals surface area contributed by atoms with Gasteiger partial charge in [-0.1, -0.05) is 20.3 Å². The van der Waals surface area contributed by atoms with Gasteiger partial charge in [0.15, 0.2) is 0 Å². The Labute approximate surface area is 133 Å². The molecule has 0 bridgehead atoms. The smallest absolute Gasteiger partial charge is 0.110 e. The molecular formula is C17H29N3S. The number of piperazine rings is 1. The number of hydrogen-bond acceptors (Lipinski definition) is 4. The number of nitrogens with zero attached hydrogens (tertiary/aromatic N) is 3. The Bertz CT molecular complexity index is 470. The maximum Gasteiger partial charge on any atom is 0.110 e. The van der Waals surface area contributed by atoms with Crippen LogP contribution in [-0.2, 0) is 0 Å². The topological polar surface area (TPSA) is 19.4 Å². The number of fused-ring (bicyclic) bond motifs is 1. The van der Waals surface area contributed by atoms with E-state index in [1.54, 1.807) is 0 Å². The minimum atomic E-state index is 0.458.